The highest BCUT2D eigenvalue weighted by Gasteiger charge is 2.30. The maximum Gasteiger partial charge on any atom is 0.281 e. The van der Waals surface area contributed by atoms with Crippen molar-refractivity contribution < 1.29 is 13.5 Å². The molecule has 1 aromatic rings. The molecular weight excluding hydrogens is 342 g/mol. The lowest BCUT2D eigenvalue weighted by atomic mass is 10.1. The van der Waals surface area contributed by atoms with Crippen LogP contribution in [0, 0.1) is 0 Å². The van der Waals surface area contributed by atoms with Crippen molar-refractivity contribution in [2.24, 2.45) is 0 Å². The average molecular weight is 372 g/mol. The van der Waals surface area contributed by atoms with E-state index < -0.39 is 16.3 Å². The summed E-state index contributed by atoms with van der Waals surface area (Å²) in [5.41, 5.74) is 1.98. The summed E-state index contributed by atoms with van der Waals surface area (Å²) in [6.07, 6.45) is 5.61. The molecule has 0 aliphatic carbocycles. The smallest absolute Gasteiger partial charge is 0.281 e. The highest BCUT2D eigenvalue weighted by Crippen LogP contribution is 2.22. The molecule has 0 unspecified atom stereocenters. The third-order valence-electron chi connectivity index (χ3n) is 5.07. The van der Waals surface area contributed by atoms with Gasteiger partial charge in [-0.05, 0) is 25.9 Å². The van der Waals surface area contributed by atoms with Crippen LogP contribution in [0.1, 0.15) is 30.5 Å². The van der Waals surface area contributed by atoms with Gasteiger partial charge in [0, 0.05) is 51.4 Å². The summed E-state index contributed by atoms with van der Waals surface area (Å²) in [6.45, 7) is 4.05. The first-order valence-electron chi connectivity index (χ1n) is 8.99. The average Bonchev–Trinajstić information content (AvgIpc) is 2.97. The van der Waals surface area contributed by atoms with E-state index in [2.05, 4.69) is 10.00 Å². The fourth-order valence-corrected chi connectivity index (χ4v) is 4.74. The van der Waals surface area contributed by atoms with Crippen LogP contribution in [0.4, 0.5) is 0 Å². The second-order valence-electron chi connectivity index (χ2n) is 7.19. The first kappa shape index (κ1) is 18.8. The number of β-amino-alcohol motifs (C(OH)–C–C–N with tert-alkyl or cyclic N) is 1. The molecule has 1 aromatic heterocycles. The number of aromatic nitrogens is 2. The van der Waals surface area contributed by atoms with E-state index in [9.17, 15) is 13.5 Å². The molecule has 0 aromatic carbocycles. The van der Waals surface area contributed by atoms with Crippen LogP contribution in [0.2, 0.25) is 0 Å². The van der Waals surface area contributed by atoms with Crippen molar-refractivity contribution in [2.45, 2.75) is 44.9 Å². The fraction of sp³-hybridized carbons (Fsp3) is 0.812. The number of piperidine rings is 1. The maximum absolute atomic E-state index is 12.3. The van der Waals surface area contributed by atoms with Crippen molar-refractivity contribution in [3.63, 3.8) is 0 Å². The molecule has 0 radical (unpaired) electrons. The molecule has 1 saturated heterocycles. The van der Waals surface area contributed by atoms with Gasteiger partial charge in [0.25, 0.3) is 10.2 Å². The molecule has 1 N–H and O–H groups in total. The lowest BCUT2D eigenvalue weighted by Crippen LogP contribution is -2.43. The van der Waals surface area contributed by atoms with Crippen molar-refractivity contribution in [3.8, 4) is 0 Å². The van der Waals surface area contributed by atoms with Crippen molar-refractivity contribution in [1.29, 1.82) is 0 Å². The molecule has 25 heavy (non-hydrogen) atoms. The van der Waals surface area contributed by atoms with E-state index >= 15 is 0 Å². The molecule has 1 fully saturated rings. The van der Waals surface area contributed by atoms with Gasteiger partial charge in [-0.15, -0.1) is 0 Å². The van der Waals surface area contributed by atoms with Gasteiger partial charge in [0.2, 0.25) is 0 Å². The van der Waals surface area contributed by atoms with Crippen LogP contribution in [0.25, 0.3) is 0 Å². The number of likely N-dealkylation sites (tertiary alicyclic amines) is 1. The van der Waals surface area contributed by atoms with Gasteiger partial charge >= 0.3 is 0 Å². The minimum Gasteiger partial charge on any atom is -0.390 e. The summed E-state index contributed by atoms with van der Waals surface area (Å²) >= 11 is 0. The van der Waals surface area contributed by atoms with Crippen molar-refractivity contribution in [2.75, 3.05) is 40.3 Å². The van der Waals surface area contributed by atoms with Crippen LogP contribution in [0.3, 0.4) is 0 Å². The van der Waals surface area contributed by atoms with Crippen LogP contribution in [-0.4, -0.2) is 83.2 Å². The van der Waals surface area contributed by atoms with Gasteiger partial charge < -0.3 is 10.0 Å². The minimum absolute atomic E-state index is 0.345. The van der Waals surface area contributed by atoms with E-state index in [1.807, 2.05) is 4.68 Å². The highest BCUT2D eigenvalue weighted by atomic mass is 32.2. The van der Waals surface area contributed by atoms with Gasteiger partial charge in [-0.25, -0.2) is 0 Å². The van der Waals surface area contributed by atoms with Gasteiger partial charge in [0.05, 0.1) is 18.8 Å². The molecule has 3 heterocycles. The van der Waals surface area contributed by atoms with E-state index in [-0.39, 0.29) is 0 Å². The zero-order valence-electron chi connectivity index (χ0n) is 15.1. The number of hydrogen-bond acceptors (Lipinski definition) is 5. The summed E-state index contributed by atoms with van der Waals surface area (Å²) in [7, 11) is -0.308. The van der Waals surface area contributed by atoms with Gasteiger partial charge in [-0.2, -0.15) is 22.1 Å². The van der Waals surface area contributed by atoms with Crippen LogP contribution in [0.15, 0.2) is 6.20 Å². The monoisotopic (exact) mass is 371 g/mol. The molecule has 9 heteroatoms. The first-order chi connectivity index (χ1) is 11.9. The second-order valence-corrected chi connectivity index (χ2v) is 9.33. The topological polar surface area (TPSA) is 81.9 Å². The van der Waals surface area contributed by atoms with E-state index in [0.29, 0.717) is 32.6 Å². The molecule has 2 aliphatic rings. The second kappa shape index (κ2) is 7.71. The number of fused-ring (bicyclic) bond motifs is 1. The molecule has 0 amide bonds. The van der Waals surface area contributed by atoms with Gasteiger partial charge in [-0.1, -0.05) is 6.42 Å². The quantitative estimate of drug-likeness (QED) is 0.755. The Kier molecular flexibility index (Phi) is 5.79. The predicted octanol–water partition coefficient (Wildman–Crippen LogP) is -0.106. The third-order valence-corrected chi connectivity index (χ3v) is 6.96. The number of nitrogens with zero attached hydrogens (tertiary/aromatic N) is 5. The highest BCUT2D eigenvalue weighted by molar-refractivity contribution is 7.86. The Labute approximate surface area is 150 Å². The lowest BCUT2D eigenvalue weighted by molar-refractivity contribution is 0.0847. The molecule has 3 rings (SSSR count). The van der Waals surface area contributed by atoms with Crippen molar-refractivity contribution in [3.05, 3.63) is 17.5 Å². The molecule has 0 bridgehead atoms. The summed E-state index contributed by atoms with van der Waals surface area (Å²) in [6, 6.07) is 0. The van der Waals surface area contributed by atoms with Crippen LogP contribution in [0.5, 0.6) is 0 Å². The lowest BCUT2D eigenvalue weighted by Gasteiger charge is -2.30. The van der Waals surface area contributed by atoms with E-state index in [4.69, 9.17) is 0 Å². The summed E-state index contributed by atoms with van der Waals surface area (Å²) in [5, 5.41) is 14.8. The minimum atomic E-state index is -3.40. The fourth-order valence-electron chi connectivity index (χ4n) is 3.65. The Morgan fingerprint density at radius 3 is 2.60 bits per heavy atom. The summed E-state index contributed by atoms with van der Waals surface area (Å²) in [5.74, 6) is 0. The number of aliphatic hydroxyl groups is 1. The Morgan fingerprint density at radius 1 is 1.20 bits per heavy atom. The Hall–Kier alpha value is -1.00. The number of hydrogen-bond donors (Lipinski definition) is 1. The van der Waals surface area contributed by atoms with Crippen LogP contribution in [-0.2, 0) is 29.7 Å². The molecule has 2 aliphatic heterocycles. The molecule has 0 spiro atoms. The standard InChI is InChI=1S/C16H29N5O3S/c1-18(2)25(23,24)20-9-6-16-14(11-20)10-17-21(16)13-15(22)12-19-7-4-3-5-8-19/h10,15,22H,3-9,11-13H2,1-2H3/t15-/m1/s1. The molecule has 8 nitrogen and oxygen atoms in total. The maximum atomic E-state index is 12.3. The molecule has 1 atom stereocenters. The van der Waals surface area contributed by atoms with Crippen LogP contribution >= 0.6 is 0 Å². The number of rotatable bonds is 6. The molecular formula is C16H29N5O3S. The van der Waals surface area contributed by atoms with E-state index in [1.165, 1.54) is 27.9 Å². The molecule has 0 saturated carbocycles. The molecule has 142 valence electrons. The number of aliphatic hydroxyl groups excluding tert-OH is 1. The zero-order chi connectivity index (χ0) is 18.0. The van der Waals surface area contributed by atoms with Crippen molar-refractivity contribution >= 4 is 10.2 Å². The van der Waals surface area contributed by atoms with E-state index in [0.717, 1.165) is 24.3 Å². The Morgan fingerprint density at radius 2 is 1.92 bits per heavy atom. The van der Waals surface area contributed by atoms with Gasteiger partial charge in [-0.3, -0.25) is 4.68 Å². The zero-order valence-corrected chi connectivity index (χ0v) is 16.0. The Balaban J connectivity index is 1.62. The normalized spacial score (nSPS) is 21.4. The third kappa shape index (κ3) is 4.22. The Bertz CT molecular complexity index is 682. The predicted molar refractivity (Wildman–Crippen MR) is 95.2 cm³/mol. The largest absolute Gasteiger partial charge is 0.390 e. The van der Waals surface area contributed by atoms with E-state index in [1.54, 1.807) is 20.3 Å². The van der Waals surface area contributed by atoms with Gasteiger partial charge in [0.1, 0.15) is 0 Å². The summed E-state index contributed by atoms with van der Waals surface area (Å²) < 4.78 is 29.1. The first-order valence-corrected chi connectivity index (χ1v) is 10.4. The van der Waals surface area contributed by atoms with Crippen LogP contribution < -0.4 is 0 Å². The van der Waals surface area contributed by atoms with Gasteiger partial charge in [0.15, 0.2) is 0 Å². The summed E-state index contributed by atoms with van der Waals surface area (Å²) in [4.78, 5) is 2.31. The SMILES string of the molecule is CN(C)S(=O)(=O)N1CCc2c(cnn2C[C@H](O)CN2CCCCC2)C1. The van der Waals surface area contributed by atoms with Crippen molar-refractivity contribution in [1.82, 2.24) is 23.3 Å².